The minimum Gasteiger partial charge on any atom is -0.330 e. The summed E-state index contributed by atoms with van der Waals surface area (Å²) < 4.78 is 0. The molecule has 2 rings (SSSR count). The third-order valence-electron chi connectivity index (χ3n) is 2.62. The summed E-state index contributed by atoms with van der Waals surface area (Å²) in [5.41, 5.74) is 6.83. The zero-order valence-electron chi connectivity index (χ0n) is 8.32. The van der Waals surface area contributed by atoms with E-state index in [-0.39, 0.29) is 0 Å². The van der Waals surface area contributed by atoms with Crippen molar-refractivity contribution >= 4 is 0 Å². The zero-order chi connectivity index (χ0) is 9.80. The number of rotatable bonds is 5. The molecule has 0 aromatic carbocycles. The number of aromatic nitrogens is 1. The molecule has 1 heterocycles. The Balaban J connectivity index is 1.90. The van der Waals surface area contributed by atoms with Crippen LogP contribution >= 0.6 is 0 Å². The van der Waals surface area contributed by atoms with E-state index in [9.17, 15) is 0 Å². The van der Waals surface area contributed by atoms with Gasteiger partial charge in [-0.2, -0.15) is 0 Å². The fourth-order valence-corrected chi connectivity index (χ4v) is 1.52. The Kier molecular flexibility index (Phi) is 3.11. The second-order valence-electron chi connectivity index (χ2n) is 3.87. The summed E-state index contributed by atoms with van der Waals surface area (Å²) in [7, 11) is 0. The molecule has 0 amide bonds. The Hall–Kier alpha value is -0.930. The van der Waals surface area contributed by atoms with Crippen LogP contribution in [0.2, 0.25) is 0 Å². The van der Waals surface area contributed by atoms with Crippen molar-refractivity contribution in [1.82, 2.24) is 10.3 Å². The highest BCUT2D eigenvalue weighted by Gasteiger charge is 2.22. The van der Waals surface area contributed by atoms with Crippen LogP contribution in [-0.4, -0.2) is 24.1 Å². The maximum Gasteiger partial charge on any atom is 0.0459 e. The quantitative estimate of drug-likeness (QED) is 0.726. The fraction of sp³-hybridized carbons (Fsp3) is 0.545. The van der Waals surface area contributed by atoms with Gasteiger partial charge in [0.2, 0.25) is 0 Å². The Morgan fingerprint density at radius 3 is 2.93 bits per heavy atom. The summed E-state index contributed by atoms with van der Waals surface area (Å²) >= 11 is 0. The molecule has 0 saturated heterocycles. The van der Waals surface area contributed by atoms with Gasteiger partial charge in [0.25, 0.3) is 0 Å². The molecule has 0 spiro atoms. The summed E-state index contributed by atoms with van der Waals surface area (Å²) in [6.45, 7) is 1.62. The van der Waals surface area contributed by atoms with Crippen LogP contribution in [0.4, 0.5) is 0 Å². The molecule has 1 aliphatic rings. The number of hydrogen-bond acceptors (Lipinski definition) is 3. The molecule has 1 aromatic heterocycles. The van der Waals surface area contributed by atoms with Crippen LogP contribution in [0.3, 0.4) is 0 Å². The standard InChI is InChI=1S/C11H17N3/c12-7-9(8-14-10-4-5-10)11-3-1-2-6-13-11/h1-3,6,9-10,14H,4-5,7-8,12H2. The molecule has 1 saturated carbocycles. The fourth-order valence-electron chi connectivity index (χ4n) is 1.52. The molecule has 1 aromatic rings. The van der Waals surface area contributed by atoms with Crippen LogP contribution in [0.25, 0.3) is 0 Å². The second-order valence-corrected chi connectivity index (χ2v) is 3.87. The molecule has 3 nitrogen and oxygen atoms in total. The molecule has 0 aliphatic heterocycles. The number of nitrogens with zero attached hydrogens (tertiary/aromatic N) is 1. The Morgan fingerprint density at radius 2 is 2.36 bits per heavy atom. The third-order valence-corrected chi connectivity index (χ3v) is 2.62. The van der Waals surface area contributed by atoms with E-state index in [1.807, 2.05) is 24.4 Å². The van der Waals surface area contributed by atoms with Gasteiger partial charge in [0, 0.05) is 36.9 Å². The van der Waals surface area contributed by atoms with Crippen LogP contribution in [0.15, 0.2) is 24.4 Å². The van der Waals surface area contributed by atoms with Crippen molar-refractivity contribution < 1.29 is 0 Å². The van der Waals surface area contributed by atoms with Crippen LogP contribution in [0.5, 0.6) is 0 Å². The van der Waals surface area contributed by atoms with Crippen LogP contribution < -0.4 is 11.1 Å². The van der Waals surface area contributed by atoms with Crippen molar-refractivity contribution in [2.24, 2.45) is 5.73 Å². The van der Waals surface area contributed by atoms with Crippen LogP contribution in [0, 0.1) is 0 Å². The number of nitrogens with two attached hydrogens (primary N) is 1. The second kappa shape index (κ2) is 4.53. The predicted molar refractivity (Wildman–Crippen MR) is 57.1 cm³/mol. The molecule has 0 bridgehead atoms. The van der Waals surface area contributed by atoms with Gasteiger partial charge in [0.1, 0.15) is 0 Å². The third kappa shape index (κ3) is 2.53. The molecule has 1 atom stereocenters. The monoisotopic (exact) mass is 191 g/mol. The van der Waals surface area contributed by atoms with Crippen molar-refractivity contribution in [3.05, 3.63) is 30.1 Å². The van der Waals surface area contributed by atoms with Crippen molar-refractivity contribution in [1.29, 1.82) is 0 Å². The van der Waals surface area contributed by atoms with Gasteiger partial charge in [-0.05, 0) is 25.0 Å². The number of pyridine rings is 1. The first kappa shape index (κ1) is 9.62. The number of nitrogens with one attached hydrogen (secondary N) is 1. The van der Waals surface area contributed by atoms with Crippen molar-refractivity contribution in [2.45, 2.75) is 24.8 Å². The average molecular weight is 191 g/mol. The van der Waals surface area contributed by atoms with E-state index in [0.29, 0.717) is 12.5 Å². The molecule has 3 heteroatoms. The lowest BCUT2D eigenvalue weighted by Crippen LogP contribution is -2.28. The summed E-state index contributed by atoms with van der Waals surface area (Å²) in [5, 5.41) is 3.49. The van der Waals surface area contributed by atoms with E-state index in [0.717, 1.165) is 18.3 Å². The van der Waals surface area contributed by atoms with E-state index < -0.39 is 0 Å². The minimum atomic E-state index is 0.358. The van der Waals surface area contributed by atoms with Gasteiger partial charge in [-0.25, -0.2) is 0 Å². The number of hydrogen-bond donors (Lipinski definition) is 2. The highest BCUT2D eigenvalue weighted by molar-refractivity contribution is 5.10. The van der Waals surface area contributed by atoms with E-state index in [4.69, 9.17) is 5.73 Å². The Labute approximate surface area is 84.7 Å². The maximum atomic E-state index is 5.73. The summed E-state index contributed by atoms with van der Waals surface area (Å²) in [5.74, 6) is 0.358. The zero-order valence-corrected chi connectivity index (χ0v) is 8.32. The van der Waals surface area contributed by atoms with E-state index >= 15 is 0 Å². The first-order chi connectivity index (χ1) is 6.90. The molecule has 0 radical (unpaired) electrons. The lowest BCUT2D eigenvalue weighted by Gasteiger charge is -2.14. The topological polar surface area (TPSA) is 50.9 Å². The molecule has 1 aliphatic carbocycles. The van der Waals surface area contributed by atoms with Gasteiger partial charge in [-0.3, -0.25) is 4.98 Å². The van der Waals surface area contributed by atoms with Crippen molar-refractivity contribution in [3.8, 4) is 0 Å². The molecule has 14 heavy (non-hydrogen) atoms. The SMILES string of the molecule is NCC(CNC1CC1)c1ccccn1. The lowest BCUT2D eigenvalue weighted by atomic mass is 10.1. The van der Waals surface area contributed by atoms with E-state index in [1.165, 1.54) is 12.8 Å². The first-order valence-corrected chi connectivity index (χ1v) is 5.24. The predicted octanol–water partition coefficient (Wildman–Crippen LogP) is 0.876. The van der Waals surface area contributed by atoms with E-state index in [2.05, 4.69) is 10.3 Å². The molecular formula is C11H17N3. The molecule has 1 fully saturated rings. The molecule has 76 valence electrons. The summed E-state index contributed by atoms with van der Waals surface area (Å²) in [6, 6.07) is 6.74. The summed E-state index contributed by atoms with van der Waals surface area (Å²) in [4.78, 5) is 4.33. The highest BCUT2D eigenvalue weighted by atomic mass is 15.0. The van der Waals surface area contributed by atoms with Gasteiger partial charge in [0.15, 0.2) is 0 Å². The first-order valence-electron chi connectivity index (χ1n) is 5.24. The van der Waals surface area contributed by atoms with Crippen molar-refractivity contribution in [2.75, 3.05) is 13.1 Å². The van der Waals surface area contributed by atoms with E-state index in [1.54, 1.807) is 0 Å². The van der Waals surface area contributed by atoms with Crippen LogP contribution in [-0.2, 0) is 0 Å². The average Bonchev–Trinajstić information content (AvgIpc) is 3.04. The van der Waals surface area contributed by atoms with Gasteiger partial charge < -0.3 is 11.1 Å². The molecular weight excluding hydrogens is 174 g/mol. The van der Waals surface area contributed by atoms with Gasteiger partial charge in [0.05, 0.1) is 0 Å². The van der Waals surface area contributed by atoms with Gasteiger partial charge in [-0.15, -0.1) is 0 Å². The Bertz CT molecular complexity index is 269. The highest BCUT2D eigenvalue weighted by Crippen LogP contribution is 2.20. The smallest absolute Gasteiger partial charge is 0.0459 e. The van der Waals surface area contributed by atoms with Gasteiger partial charge in [-0.1, -0.05) is 6.07 Å². The van der Waals surface area contributed by atoms with Crippen LogP contribution in [0.1, 0.15) is 24.5 Å². The summed E-state index contributed by atoms with van der Waals surface area (Å²) in [6.07, 6.45) is 4.47. The lowest BCUT2D eigenvalue weighted by molar-refractivity contribution is 0.576. The molecule has 1 unspecified atom stereocenters. The Morgan fingerprint density at radius 1 is 1.50 bits per heavy atom. The minimum absolute atomic E-state index is 0.358. The largest absolute Gasteiger partial charge is 0.330 e. The normalized spacial score (nSPS) is 18.1. The maximum absolute atomic E-state index is 5.73. The molecule has 3 N–H and O–H groups in total. The van der Waals surface area contributed by atoms with Gasteiger partial charge >= 0.3 is 0 Å². The van der Waals surface area contributed by atoms with Crippen molar-refractivity contribution in [3.63, 3.8) is 0 Å².